The van der Waals surface area contributed by atoms with Crippen LogP contribution in [0.1, 0.15) is 0 Å². The molecule has 0 aliphatic carbocycles. The highest BCUT2D eigenvalue weighted by molar-refractivity contribution is 8.00. The minimum absolute atomic E-state index is 0.149. The first-order valence-corrected chi connectivity index (χ1v) is 8.08. The van der Waals surface area contributed by atoms with E-state index in [4.69, 9.17) is 11.6 Å². The van der Waals surface area contributed by atoms with Gasteiger partial charge in [-0.1, -0.05) is 47.6 Å². The summed E-state index contributed by atoms with van der Waals surface area (Å²) in [7, 11) is 0. The first kappa shape index (κ1) is 15.7. The lowest BCUT2D eigenvalue weighted by atomic mass is 10.2. The van der Waals surface area contributed by atoms with Crippen molar-refractivity contribution in [2.75, 3.05) is 11.1 Å². The topological polar surface area (TPSA) is 54.9 Å². The van der Waals surface area contributed by atoms with Gasteiger partial charge in [0, 0.05) is 10.8 Å². The van der Waals surface area contributed by atoms with E-state index >= 15 is 0 Å². The molecule has 2 aromatic carbocycles. The number of aromatic nitrogens is 2. The summed E-state index contributed by atoms with van der Waals surface area (Å²) in [6.45, 7) is 0. The Morgan fingerprint density at radius 1 is 1.26 bits per heavy atom. The highest BCUT2D eigenvalue weighted by Crippen LogP contribution is 2.26. The Hall–Kier alpha value is -2.18. The quantitative estimate of drug-likeness (QED) is 0.720. The van der Waals surface area contributed by atoms with Gasteiger partial charge in [0.2, 0.25) is 5.91 Å². The maximum Gasteiger partial charge on any atom is 0.234 e. The molecule has 0 atom stereocenters. The van der Waals surface area contributed by atoms with Crippen molar-refractivity contribution >= 4 is 45.7 Å². The molecule has 4 nitrogen and oxygen atoms in total. The summed E-state index contributed by atoms with van der Waals surface area (Å²) in [6, 6.07) is 11.5. The Morgan fingerprint density at radius 2 is 2.09 bits per heavy atom. The Balaban J connectivity index is 1.69. The Labute approximate surface area is 141 Å². The zero-order valence-electron chi connectivity index (χ0n) is 11.8. The highest BCUT2D eigenvalue weighted by atomic mass is 35.5. The minimum atomic E-state index is -0.451. The monoisotopic (exact) mass is 347 g/mol. The van der Waals surface area contributed by atoms with Crippen molar-refractivity contribution in [2.45, 2.75) is 5.03 Å². The predicted molar refractivity (Wildman–Crippen MR) is 90.3 cm³/mol. The third-order valence-corrected chi connectivity index (χ3v) is 4.38. The summed E-state index contributed by atoms with van der Waals surface area (Å²) >= 11 is 7.17. The number of nitrogens with zero attached hydrogens (tertiary/aromatic N) is 2. The Morgan fingerprint density at radius 3 is 2.91 bits per heavy atom. The highest BCUT2D eigenvalue weighted by Gasteiger charge is 2.10. The summed E-state index contributed by atoms with van der Waals surface area (Å²) < 4.78 is 13.0. The van der Waals surface area contributed by atoms with Crippen LogP contribution in [-0.2, 0) is 4.79 Å². The maximum absolute atomic E-state index is 13.0. The third kappa shape index (κ3) is 3.78. The molecule has 3 rings (SSSR count). The number of nitrogens with one attached hydrogen (secondary N) is 1. The van der Waals surface area contributed by atoms with Crippen molar-refractivity contribution in [3.63, 3.8) is 0 Å². The van der Waals surface area contributed by atoms with Crippen LogP contribution in [0.15, 0.2) is 53.7 Å². The Kier molecular flexibility index (Phi) is 4.73. The van der Waals surface area contributed by atoms with Crippen LogP contribution >= 0.6 is 23.4 Å². The molecule has 116 valence electrons. The number of thioether (sulfide) groups is 1. The van der Waals surface area contributed by atoms with E-state index in [1.54, 1.807) is 6.20 Å². The van der Waals surface area contributed by atoms with Crippen LogP contribution in [0.2, 0.25) is 5.02 Å². The molecule has 1 amide bonds. The van der Waals surface area contributed by atoms with Crippen molar-refractivity contribution in [2.24, 2.45) is 0 Å². The number of hydrogen-bond acceptors (Lipinski definition) is 4. The van der Waals surface area contributed by atoms with E-state index in [2.05, 4.69) is 15.5 Å². The molecular formula is C16H11ClFN3OS. The fourth-order valence-corrected chi connectivity index (χ4v) is 3.02. The molecule has 1 aromatic heterocycles. The average molecular weight is 348 g/mol. The summed E-state index contributed by atoms with van der Waals surface area (Å²) in [5.74, 6) is -0.553. The van der Waals surface area contributed by atoms with Gasteiger partial charge in [-0.15, -0.1) is 5.10 Å². The molecule has 0 unspecified atom stereocenters. The van der Waals surface area contributed by atoms with Crippen molar-refractivity contribution in [1.29, 1.82) is 0 Å². The van der Waals surface area contributed by atoms with Gasteiger partial charge in [-0.25, -0.2) is 4.39 Å². The van der Waals surface area contributed by atoms with E-state index in [1.165, 1.54) is 23.9 Å². The Bertz CT molecular complexity index is 870. The van der Waals surface area contributed by atoms with Gasteiger partial charge < -0.3 is 5.32 Å². The number of carbonyl (C=O) groups is 1. The average Bonchev–Trinajstić information content (AvgIpc) is 2.55. The van der Waals surface area contributed by atoms with Crippen molar-refractivity contribution in [1.82, 2.24) is 10.2 Å². The van der Waals surface area contributed by atoms with E-state index in [0.29, 0.717) is 10.7 Å². The van der Waals surface area contributed by atoms with Crippen molar-refractivity contribution < 1.29 is 9.18 Å². The van der Waals surface area contributed by atoms with E-state index in [0.717, 1.165) is 16.8 Å². The van der Waals surface area contributed by atoms with Gasteiger partial charge in [0.25, 0.3) is 0 Å². The molecule has 23 heavy (non-hydrogen) atoms. The lowest BCUT2D eigenvalue weighted by Crippen LogP contribution is -2.14. The van der Waals surface area contributed by atoms with Crippen molar-refractivity contribution in [3.8, 4) is 0 Å². The van der Waals surface area contributed by atoms with Crippen LogP contribution in [0.3, 0.4) is 0 Å². The van der Waals surface area contributed by atoms with Crippen LogP contribution in [0, 0.1) is 5.82 Å². The molecule has 7 heteroatoms. The molecule has 0 radical (unpaired) electrons. The van der Waals surface area contributed by atoms with Gasteiger partial charge in [0.1, 0.15) is 10.8 Å². The number of anilines is 1. The van der Waals surface area contributed by atoms with E-state index < -0.39 is 5.82 Å². The van der Waals surface area contributed by atoms with Crippen LogP contribution in [0.25, 0.3) is 10.8 Å². The van der Waals surface area contributed by atoms with Gasteiger partial charge in [0.15, 0.2) is 0 Å². The second-order valence-electron chi connectivity index (χ2n) is 4.70. The molecule has 0 spiro atoms. The second-order valence-corrected chi connectivity index (χ2v) is 6.07. The normalized spacial score (nSPS) is 10.7. The minimum Gasteiger partial charge on any atom is -0.324 e. The van der Waals surface area contributed by atoms with Crippen LogP contribution in [0.5, 0.6) is 0 Å². The first-order chi connectivity index (χ1) is 11.1. The lowest BCUT2D eigenvalue weighted by Gasteiger charge is -2.07. The van der Waals surface area contributed by atoms with E-state index in [9.17, 15) is 9.18 Å². The fraction of sp³-hybridized carbons (Fsp3) is 0.0625. The van der Waals surface area contributed by atoms with Gasteiger partial charge in [-0.2, -0.15) is 5.10 Å². The van der Waals surface area contributed by atoms with E-state index in [1.807, 2.05) is 24.3 Å². The van der Waals surface area contributed by atoms with Gasteiger partial charge in [-0.3, -0.25) is 4.79 Å². The van der Waals surface area contributed by atoms with Crippen LogP contribution in [-0.4, -0.2) is 21.9 Å². The fourth-order valence-electron chi connectivity index (χ4n) is 2.02. The zero-order chi connectivity index (χ0) is 16.2. The second kappa shape index (κ2) is 6.93. The summed E-state index contributed by atoms with van der Waals surface area (Å²) in [6.07, 6.45) is 1.68. The summed E-state index contributed by atoms with van der Waals surface area (Å²) in [5, 5.41) is 13.4. The lowest BCUT2D eigenvalue weighted by molar-refractivity contribution is -0.113. The molecule has 0 aliphatic rings. The standard InChI is InChI=1S/C16H11ClFN3OS/c17-13-7-11(18)5-6-14(13)20-15(22)9-23-16-12-4-2-1-3-10(12)8-19-21-16/h1-8H,9H2,(H,20,22). The number of hydrogen-bond donors (Lipinski definition) is 1. The number of carbonyl (C=O) groups excluding carboxylic acids is 1. The molecule has 0 saturated carbocycles. The number of halogens is 2. The molecule has 1 N–H and O–H groups in total. The summed E-state index contributed by atoms with van der Waals surface area (Å²) in [5.41, 5.74) is 0.377. The van der Waals surface area contributed by atoms with Gasteiger partial charge in [0.05, 0.1) is 22.7 Å². The van der Waals surface area contributed by atoms with Crippen LogP contribution < -0.4 is 5.32 Å². The molecule has 1 heterocycles. The third-order valence-electron chi connectivity index (χ3n) is 3.08. The number of benzene rings is 2. The molecule has 0 aliphatic heterocycles. The summed E-state index contributed by atoms with van der Waals surface area (Å²) in [4.78, 5) is 12.0. The predicted octanol–water partition coefficient (Wildman–Crippen LogP) is 4.15. The van der Waals surface area contributed by atoms with Gasteiger partial charge in [-0.05, 0) is 18.2 Å². The maximum atomic E-state index is 13.0. The number of rotatable bonds is 4. The first-order valence-electron chi connectivity index (χ1n) is 6.71. The van der Waals surface area contributed by atoms with E-state index in [-0.39, 0.29) is 16.7 Å². The smallest absolute Gasteiger partial charge is 0.234 e. The van der Waals surface area contributed by atoms with Crippen LogP contribution in [0.4, 0.5) is 10.1 Å². The van der Waals surface area contributed by atoms with Crippen molar-refractivity contribution in [3.05, 3.63) is 59.5 Å². The largest absolute Gasteiger partial charge is 0.324 e. The SMILES string of the molecule is O=C(CSc1nncc2ccccc12)Nc1ccc(F)cc1Cl. The number of amides is 1. The molecule has 3 aromatic rings. The van der Waals surface area contributed by atoms with Gasteiger partial charge >= 0.3 is 0 Å². The molecular weight excluding hydrogens is 337 g/mol. The zero-order valence-corrected chi connectivity index (χ0v) is 13.4. The molecule has 0 bridgehead atoms. The molecule has 0 saturated heterocycles. The number of fused-ring (bicyclic) bond motifs is 1. The molecule has 0 fully saturated rings.